The second-order valence-corrected chi connectivity index (χ2v) is 7.75. The lowest BCUT2D eigenvalue weighted by atomic mass is 10.1. The van der Waals surface area contributed by atoms with E-state index in [1.165, 1.54) is 0 Å². The second kappa shape index (κ2) is 7.81. The number of carbonyl (C=O) groups excluding carboxylic acids is 1. The van der Waals surface area contributed by atoms with Gasteiger partial charge in [-0.3, -0.25) is 4.79 Å². The summed E-state index contributed by atoms with van der Waals surface area (Å²) >= 11 is 0. The Labute approximate surface area is 185 Å². The van der Waals surface area contributed by atoms with Gasteiger partial charge in [-0.15, -0.1) is 15.0 Å². The molecule has 0 fully saturated rings. The van der Waals surface area contributed by atoms with Crippen molar-refractivity contribution in [2.75, 3.05) is 12.4 Å². The van der Waals surface area contributed by atoms with Crippen LogP contribution in [0, 0.1) is 13.8 Å². The van der Waals surface area contributed by atoms with Crippen molar-refractivity contribution >= 4 is 33.4 Å². The summed E-state index contributed by atoms with van der Waals surface area (Å²) in [6, 6.07) is 23.5. The van der Waals surface area contributed by atoms with Crippen molar-refractivity contribution in [3.05, 3.63) is 89.5 Å². The van der Waals surface area contributed by atoms with E-state index in [0.29, 0.717) is 22.5 Å². The minimum absolute atomic E-state index is 0.227. The summed E-state index contributed by atoms with van der Waals surface area (Å²) in [5.41, 5.74) is 5.37. The maximum absolute atomic E-state index is 13.0. The number of nitrogens with zero attached hydrogens (tertiary/aromatic N) is 3. The van der Waals surface area contributed by atoms with E-state index in [1.807, 2.05) is 62.4 Å². The molecule has 0 atom stereocenters. The zero-order chi connectivity index (χ0) is 22.2. The number of benzene rings is 4. The normalized spacial score (nSPS) is 11.1. The molecule has 0 saturated heterocycles. The van der Waals surface area contributed by atoms with Crippen LogP contribution in [-0.2, 0) is 0 Å². The molecular weight excluding hydrogens is 400 g/mol. The Bertz CT molecular complexity index is 1480. The van der Waals surface area contributed by atoms with Crippen LogP contribution in [0.4, 0.5) is 5.69 Å². The predicted molar refractivity (Wildman–Crippen MR) is 127 cm³/mol. The highest BCUT2D eigenvalue weighted by atomic mass is 16.5. The Morgan fingerprint density at radius 2 is 1.59 bits per heavy atom. The fourth-order valence-electron chi connectivity index (χ4n) is 3.98. The molecule has 0 saturated carbocycles. The molecule has 5 aromatic rings. The molecule has 0 bridgehead atoms. The smallest absolute Gasteiger partial charge is 0.259 e. The maximum Gasteiger partial charge on any atom is 0.259 e. The summed E-state index contributed by atoms with van der Waals surface area (Å²) < 4.78 is 5.44. The molecule has 0 aliphatic carbocycles. The molecule has 6 nitrogen and oxygen atoms in total. The van der Waals surface area contributed by atoms with Crippen LogP contribution in [0.15, 0.2) is 72.8 Å². The van der Waals surface area contributed by atoms with Gasteiger partial charge in [0.25, 0.3) is 5.91 Å². The van der Waals surface area contributed by atoms with Gasteiger partial charge < -0.3 is 10.1 Å². The number of methoxy groups -OCH3 is 1. The second-order valence-electron chi connectivity index (χ2n) is 7.75. The van der Waals surface area contributed by atoms with Crippen LogP contribution < -0.4 is 10.1 Å². The zero-order valence-electron chi connectivity index (χ0n) is 18.1. The first-order valence-electron chi connectivity index (χ1n) is 10.4. The van der Waals surface area contributed by atoms with Crippen LogP contribution in [0.1, 0.15) is 21.5 Å². The van der Waals surface area contributed by atoms with Crippen LogP contribution >= 0.6 is 0 Å². The molecule has 1 heterocycles. The summed E-state index contributed by atoms with van der Waals surface area (Å²) in [5.74, 6) is 0.347. The Hall–Kier alpha value is -4.19. The molecule has 6 heteroatoms. The fraction of sp³-hybridized carbons (Fsp3) is 0.115. The predicted octanol–water partition coefficient (Wildman–Crippen LogP) is 5.45. The van der Waals surface area contributed by atoms with E-state index in [0.717, 1.165) is 33.1 Å². The molecule has 1 aromatic heterocycles. The monoisotopic (exact) mass is 422 g/mol. The molecule has 1 amide bonds. The average molecular weight is 422 g/mol. The van der Waals surface area contributed by atoms with Gasteiger partial charge in [-0.25, -0.2) is 0 Å². The maximum atomic E-state index is 13.0. The highest BCUT2D eigenvalue weighted by Gasteiger charge is 2.16. The van der Waals surface area contributed by atoms with Gasteiger partial charge in [-0.1, -0.05) is 48.5 Å². The number of aromatic nitrogens is 3. The van der Waals surface area contributed by atoms with Crippen LogP contribution in [-0.4, -0.2) is 28.0 Å². The third kappa shape index (κ3) is 3.36. The van der Waals surface area contributed by atoms with Crippen molar-refractivity contribution in [2.45, 2.75) is 13.8 Å². The van der Waals surface area contributed by atoms with Crippen molar-refractivity contribution < 1.29 is 9.53 Å². The minimum atomic E-state index is -0.227. The van der Waals surface area contributed by atoms with Gasteiger partial charge in [-0.2, -0.15) is 0 Å². The number of hydrogen-bond acceptors (Lipinski definition) is 4. The minimum Gasteiger partial charge on any atom is -0.496 e. The molecule has 0 radical (unpaired) electrons. The van der Waals surface area contributed by atoms with Gasteiger partial charge in [0, 0.05) is 11.1 Å². The largest absolute Gasteiger partial charge is 0.496 e. The first kappa shape index (κ1) is 19.8. The van der Waals surface area contributed by atoms with Crippen molar-refractivity contribution in [1.29, 1.82) is 0 Å². The number of hydrogen-bond donors (Lipinski definition) is 1. The number of aryl methyl sites for hydroxylation is 2. The zero-order valence-corrected chi connectivity index (χ0v) is 18.1. The standard InChI is InChI=1S/C26H22N4O2/c1-16-8-6-12-20(25(16)32-3)26(31)27-21-15-23-22(14-17(21)2)28-30(29-23)24-13-7-10-18-9-4-5-11-19(18)24/h4-15H,1-3H3,(H,27,31). The summed E-state index contributed by atoms with van der Waals surface area (Å²) in [4.78, 5) is 14.6. The average Bonchev–Trinajstić information content (AvgIpc) is 3.21. The molecule has 158 valence electrons. The number of rotatable bonds is 4. The Morgan fingerprint density at radius 1 is 0.875 bits per heavy atom. The summed E-state index contributed by atoms with van der Waals surface area (Å²) in [6.07, 6.45) is 0. The van der Waals surface area contributed by atoms with Crippen molar-refractivity contribution in [3.8, 4) is 11.4 Å². The number of anilines is 1. The van der Waals surface area contributed by atoms with Gasteiger partial charge in [0.15, 0.2) is 0 Å². The molecular formula is C26H22N4O2. The lowest BCUT2D eigenvalue weighted by molar-refractivity contribution is 0.102. The molecule has 0 unspecified atom stereocenters. The molecule has 0 spiro atoms. The van der Waals surface area contributed by atoms with Crippen molar-refractivity contribution in [1.82, 2.24) is 15.0 Å². The number of ether oxygens (including phenoxy) is 1. The molecule has 0 aliphatic rings. The molecule has 32 heavy (non-hydrogen) atoms. The van der Waals surface area contributed by atoms with E-state index in [1.54, 1.807) is 18.0 Å². The third-order valence-corrected chi connectivity index (χ3v) is 5.62. The van der Waals surface area contributed by atoms with E-state index in [2.05, 4.69) is 28.6 Å². The molecule has 5 rings (SSSR count). The highest BCUT2D eigenvalue weighted by molar-refractivity contribution is 6.07. The first-order chi connectivity index (χ1) is 15.5. The van der Waals surface area contributed by atoms with Gasteiger partial charge in [0.2, 0.25) is 0 Å². The van der Waals surface area contributed by atoms with Gasteiger partial charge >= 0.3 is 0 Å². The Balaban J connectivity index is 1.53. The van der Waals surface area contributed by atoms with Crippen molar-refractivity contribution in [2.24, 2.45) is 0 Å². The number of nitrogens with one attached hydrogen (secondary N) is 1. The highest BCUT2D eigenvalue weighted by Crippen LogP contribution is 2.27. The van der Waals surface area contributed by atoms with E-state index >= 15 is 0 Å². The number of para-hydroxylation sites is 1. The van der Waals surface area contributed by atoms with Crippen LogP contribution in [0.3, 0.4) is 0 Å². The van der Waals surface area contributed by atoms with E-state index in [-0.39, 0.29) is 5.91 Å². The van der Waals surface area contributed by atoms with Gasteiger partial charge in [0.05, 0.1) is 18.4 Å². The summed E-state index contributed by atoms with van der Waals surface area (Å²) in [7, 11) is 1.57. The van der Waals surface area contributed by atoms with Crippen LogP contribution in [0.5, 0.6) is 5.75 Å². The van der Waals surface area contributed by atoms with Crippen molar-refractivity contribution in [3.63, 3.8) is 0 Å². The first-order valence-corrected chi connectivity index (χ1v) is 10.4. The summed E-state index contributed by atoms with van der Waals surface area (Å²) in [5, 5.41) is 14.6. The van der Waals surface area contributed by atoms with E-state index in [4.69, 9.17) is 9.84 Å². The Morgan fingerprint density at radius 3 is 2.41 bits per heavy atom. The van der Waals surface area contributed by atoms with E-state index < -0.39 is 0 Å². The third-order valence-electron chi connectivity index (χ3n) is 5.62. The van der Waals surface area contributed by atoms with Gasteiger partial charge in [-0.05, 0) is 54.6 Å². The lowest BCUT2D eigenvalue weighted by Crippen LogP contribution is -2.14. The lowest BCUT2D eigenvalue weighted by Gasteiger charge is -2.12. The number of amides is 1. The van der Waals surface area contributed by atoms with Crippen LogP contribution in [0.2, 0.25) is 0 Å². The molecule has 1 N–H and O–H groups in total. The quantitative estimate of drug-likeness (QED) is 0.418. The topological polar surface area (TPSA) is 69.0 Å². The van der Waals surface area contributed by atoms with Gasteiger partial charge in [0.1, 0.15) is 16.8 Å². The fourth-order valence-corrected chi connectivity index (χ4v) is 3.98. The Kier molecular flexibility index (Phi) is 4.82. The summed E-state index contributed by atoms with van der Waals surface area (Å²) in [6.45, 7) is 3.86. The molecule has 0 aliphatic heterocycles. The number of carbonyl (C=O) groups is 1. The van der Waals surface area contributed by atoms with E-state index in [9.17, 15) is 4.79 Å². The molecule has 4 aromatic carbocycles. The van der Waals surface area contributed by atoms with Crippen LogP contribution in [0.25, 0.3) is 27.5 Å². The number of fused-ring (bicyclic) bond motifs is 2. The SMILES string of the molecule is COc1c(C)cccc1C(=O)Nc1cc2nn(-c3cccc4ccccc34)nc2cc1C.